The second kappa shape index (κ2) is 6.37. The van der Waals surface area contributed by atoms with Crippen molar-refractivity contribution in [2.45, 2.75) is 32.4 Å². The van der Waals surface area contributed by atoms with Crippen molar-refractivity contribution in [1.82, 2.24) is 13.5 Å². The van der Waals surface area contributed by atoms with Gasteiger partial charge < -0.3 is 5.32 Å². The van der Waals surface area contributed by atoms with Crippen LogP contribution in [0.15, 0.2) is 33.2 Å². The number of benzene rings is 1. The predicted molar refractivity (Wildman–Crippen MR) is 101 cm³/mol. The van der Waals surface area contributed by atoms with Gasteiger partial charge in [-0.25, -0.2) is 4.79 Å². The van der Waals surface area contributed by atoms with Crippen molar-refractivity contribution in [3.8, 4) is 0 Å². The first-order valence-electron chi connectivity index (χ1n) is 8.11. The molecule has 1 aliphatic rings. The fraction of sp³-hybridized carbons (Fsp3) is 0.294. The van der Waals surface area contributed by atoms with Gasteiger partial charge in [0.25, 0.3) is 5.56 Å². The first-order chi connectivity index (χ1) is 12.5. The minimum absolute atomic E-state index is 0.0921. The Morgan fingerprint density at radius 2 is 2.15 bits per heavy atom. The van der Waals surface area contributed by atoms with Crippen LogP contribution in [0.4, 0.5) is 5.69 Å². The van der Waals surface area contributed by atoms with Gasteiger partial charge in [-0.1, -0.05) is 17.7 Å². The van der Waals surface area contributed by atoms with Crippen LogP contribution in [0.1, 0.15) is 24.4 Å². The molecule has 1 saturated carbocycles. The number of rotatable bonds is 4. The largest absolute Gasteiger partial charge is 0.332 e. The fourth-order valence-corrected chi connectivity index (χ4v) is 3.73. The predicted octanol–water partition coefficient (Wildman–Crippen LogP) is 2.56. The van der Waals surface area contributed by atoms with E-state index < -0.39 is 5.69 Å². The second-order valence-electron chi connectivity index (χ2n) is 6.28. The number of anilines is 1. The zero-order chi connectivity index (χ0) is 18.4. The molecule has 2 aromatic heterocycles. The summed E-state index contributed by atoms with van der Waals surface area (Å²) in [5, 5.41) is 4.94. The highest BCUT2D eigenvalue weighted by Gasteiger charge is 2.29. The molecule has 1 aromatic carbocycles. The van der Waals surface area contributed by atoms with Gasteiger partial charge in [-0.05, 0) is 49.0 Å². The van der Waals surface area contributed by atoms with E-state index in [9.17, 15) is 14.4 Å². The molecular formula is C17H15ClN4O3S. The summed E-state index contributed by atoms with van der Waals surface area (Å²) in [7, 11) is 0. The molecule has 134 valence electrons. The Kier molecular flexibility index (Phi) is 4.16. The number of nitrogens with zero attached hydrogens (tertiary/aromatic N) is 3. The molecule has 1 fully saturated rings. The molecule has 9 heteroatoms. The average molecular weight is 391 g/mol. The third-order valence-electron chi connectivity index (χ3n) is 4.46. The summed E-state index contributed by atoms with van der Waals surface area (Å²) < 4.78 is 6.64. The summed E-state index contributed by atoms with van der Waals surface area (Å²) in [4.78, 5) is 37.8. The van der Waals surface area contributed by atoms with Gasteiger partial charge in [0.1, 0.15) is 6.54 Å². The van der Waals surface area contributed by atoms with E-state index in [1.165, 1.54) is 9.13 Å². The van der Waals surface area contributed by atoms with Crippen LogP contribution >= 0.6 is 23.1 Å². The van der Waals surface area contributed by atoms with Crippen LogP contribution in [0, 0.1) is 6.92 Å². The molecule has 7 nitrogen and oxygen atoms in total. The van der Waals surface area contributed by atoms with Crippen molar-refractivity contribution < 1.29 is 4.79 Å². The number of nitrogens with one attached hydrogen (secondary N) is 1. The lowest BCUT2D eigenvalue weighted by atomic mass is 10.2. The molecule has 1 N–H and O–H groups in total. The molecule has 0 unspecified atom stereocenters. The Balaban J connectivity index is 1.72. The maximum atomic E-state index is 12.8. The highest BCUT2D eigenvalue weighted by Crippen LogP contribution is 2.32. The first-order valence-corrected chi connectivity index (χ1v) is 9.33. The van der Waals surface area contributed by atoms with E-state index >= 15 is 0 Å². The van der Waals surface area contributed by atoms with Gasteiger partial charge in [-0.2, -0.15) is 4.37 Å². The number of hydrogen-bond acceptors (Lipinski definition) is 5. The normalized spacial score (nSPS) is 13.9. The quantitative estimate of drug-likeness (QED) is 0.741. The second-order valence-corrected chi connectivity index (χ2v) is 7.32. The molecule has 0 aliphatic heterocycles. The molecule has 4 rings (SSSR count). The van der Waals surface area contributed by atoms with Crippen LogP contribution in [0.2, 0.25) is 5.02 Å². The lowest BCUT2D eigenvalue weighted by Gasteiger charge is -2.13. The minimum atomic E-state index is -0.469. The number of halogens is 1. The fourth-order valence-electron chi connectivity index (χ4n) is 2.89. The third-order valence-corrected chi connectivity index (χ3v) is 5.48. The Labute approximate surface area is 157 Å². The summed E-state index contributed by atoms with van der Waals surface area (Å²) >= 11 is 7.17. The van der Waals surface area contributed by atoms with E-state index in [1.807, 2.05) is 0 Å². The number of carbonyl (C=O) groups excluding carboxylic acids is 1. The van der Waals surface area contributed by atoms with Crippen molar-refractivity contribution >= 4 is 45.8 Å². The van der Waals surface area contributed by atoms with Gasteiger partial charge in [0, 0.05) is 22.1 Å². The standard InChI is InChI=1S/C17H15ClN4O3S/c1-9-11(18)3-2-4-12(9)19-14(23)7-21-13-8-26-20-15(13)16(24)22(17(21)25)10-5-6-10/h2-4,8,10H,5-7H2,1H3,(H,19,23). The smallest absolute Gasteiger partial charge is 0.324 e. The van der Waals surface area contributed by atoms with Crippen LogP contribution in [0.5, 0.6) is 0 Å². The van der Waals surface area contributed by atoms with Gasteiger partial charge in [0.15, 0.2) is 5.52 Å². The SMILES string of the molecule is Cc1c(Cl)cccc1NC(=O)Cn1c(=O)n(C2CC2)c(=O)c2nscc21. The Bertz CT molecular complexity index is 1140. The highest BCUT2D eigenvalue weighted by atomic mass is 35.5. The summed E-state index contributed by atoms with van der Waals surface area (Å²) in [5.41, 5.74) is 1.11. The summed E-state index contributed by atoms with van der Waals surface area (Å²) in [5.74, 6) is -0.369. The van der Waals surface area contributed by atoms with Crippen molar-refractivity contribution in [3.05, 3.63) is 55.0 Å². The topological polar surface area (TPSA) is 86.0 Å². The van der Waals surface area contributed by atoms with Crippen molar-refractivity contribution in [1.29, 1.82) is 0 Å². The zero-order valence-electron chi connectivity index (χ0n) is 13.9. The van der Waals surface area contributed by atoms with Gasteiger partial charge >= 0.3 is 5.69 Å². The zero-order valence-corrected chi connectivity index (χ0v) is 15.4. The molecule has 1 amide bonds. The van der Waals surface area contributed by atoms with Gasteiger partial charge in [-0.3, -0.25) is 18.7 Å². The Hall–Kier alpha value is -2.45. The van der Waals surface area contributed by atoms with Crippen molar-refractivity contribution in [3.63, 3.8) is 0 Å². The molecule has 0 atom stereocenters. The summed E-state index contributed by atoms with van der Waals surface area (Å²) in [6, 6.07) is 5.13. The summed E-state index contributed by atoms with van der Waals surface area (Å²) in [6.07, 6.45) is 1.58. The number of amides is 1. The monoisotopic (exact) mass is 390 g/mol. The van der Waals surface area contributed by atoms with Gasteiger partial charge in [-0.15, -0.1) is 0 Å². The Morgan fingerprint density at radius 3 is 2.88 bits per heavy atom. The van der Waals surface area contributed by atoms with Crippen LogP contribution in [0.25, 0.3) is 11.0 Å². The number of hydrogen-bond donors (Lipinski definition) is 1. The number of aromatic nitrogens is 3. The molecule has 2 heterocycles. The summed E-state index contributed by atoms with van der Waals surface area (Å²) in [6.45, 7) is 1.60. The molecule has 0 spiro atoms. The first kappa shape index (κ1) is 17.0. The lowest BCUT2D eigenvalue weighted by molar-refractivity contribution is -0.116. The van der Waals surface area contributed by atoms with Crippen molar-refractivity contribution in [2.24, 2.45) is 0 Å². The number of fused-ring (bicyclic) bond motifs is 1. The van der Waals surface area contributed by atoms with Crippen molar-refractivity contribution in [2.75, 3.05) is 5.32 Å². The van der Waals surface area contributed by atoms with E-state index in [-0.39, 0.29) is 29.6 Å². The number of carbonyl (C=O) groups is 1. The molecule has 0 radical (unpaired) electrons. The molecule has 3 aromatic rings. The van der Waals surface area contributed by atoms with Crippen LogP contribution in [0.3, 0.4) is 0 Å². The van der Waals surface area contributed by atoms with Gasteiger partial charge in [0.05, 0.1) is 5.52 Å². The van der Waals surface area contributed by atoms with Crippen LogP contribution < -0.4 is 16.6 Å². The van der Waals surface area contributed by atoms with E-state index in [0.717, 1.165) is 29.9 Å². The third kappa shape index (κ3) is 2.85. The Morgan fingerprint density at radius 1 is 1.38 bits per heavy atom. The highest BCUT2D eigenvalue weighted by molar-refractivity contribution is 7.04. The molecule has 0 bridgehead atoms. The molecular weight excluding hydrogens is 376 g/mol. The van der Waals surface area contributed by atoms with Crippen LogP contribution in [-0.2, 0) is 11.3 Å². The van der Waals surface area contributed by atoms with Gasteiger partial charge in [0.2, 0.25) is 5.91 Å². The lowest BCUT2D eigenvalue weighted by Crippen LogP contribution is -2.41. The maximum absolute atomic E-state index is 12.8. The van der Waals surface area contributed by atoms with E-state index in [4.69, 9.17) is 11.6 Å². The molecule has 0 saturated heterocycles. The van der Waals surface area contributed by atoms with Crippen LogP contribution in [-0.4, -0.2) is 19.4 Å². The molecule has 1 aliphatic carbocycles. The maximum Gasteiger partial charge on any atom is 0.332 e. The van der Waals surface area contributed by atoms with E-state index in [1.54, 1.807) is 30.5 Å². The average Bonchev–Trinajstić information content (AvgIpc) is 3.30. The van der Waals surface area contributed by atoms with E-state index in [0.29, 0.717) is 16.2 Å². The van der Waals surface area contributed by atoms with E-state index in [2.05, 4.69) is 9.69 Å². The minimum Gasteiger partial charge on any atom is -0.324 e. The molecule has 26 heavy (non-hydrogen) atoms.